The van der Waals surface area contributed by atoms with Gasteiger partial charge in [-0.15, -0.1) is 0 Å². The molecule has 2 amide bonds. The Balaban J connectivity index is 1.93. The van der Waals surface area contributed by atoms with Gasteiger partial charge in [0.1, 0.15) is 6.04 Å². The number of hydrogen-bond donors (Lipinski definition) is 2. The fourth-order valence-electron chi connectivity index (χ4n) is 2.34. The second kappa shape index (κ2) is 7.03. The molecule has 1 aromatic heterocycles. The number of amides is 2. The number of aryl methyl sites for hydroxylation is 1. The topological polar surface area (TPSA) is 80.0 Å². The molecular weight excluding hydrogens is 304 g/mol. The minimum Gasteiger partial charge on any atom is -0.337 e. The Morgan fingerprint density at radius 1 is 1.08 bits per heavy atom. The molecule has 24 heavy (non-hydrogen) atoms. The molecule has 0 saturated carbocycles. The molecule has 1 heterocycles. The van der Waals surface area contributed by atoms with Crippen LogP contribution < -0.4 is 10.6 Å². The summed E-state index contributed by atoms with van der Waals surface area (Å²) in [7, 11) is 0. The van der Waals surface area contributed by atoms with Crippen LogP contribution in [0.2, 0.25) is 0 Å². The molecule has 0 aliphatic heterocycles. The van der Waals surface area contributed by atoms with E-state index in [1.165, 1.54) is 5.56 Å². The number of benzene rings is 1. The number of urea groups is 1. The minimum atomic E-state index is -0.346. The Morgan fingerprint density at radius 2 is 1.67 bits per heavy atom. The number of rotatable bonds is 4. The summed E-state index contributed by atoms with van der Waals surface area (Å²) in [4.78, 5) is 16.2. The van der Waals surface area contributed by atoms with Crippen molar-refractivity contribution in [2.24, 2.45) is 0 Å². The summed E-state index contributed by atoms with van der Waals surface area (Å²) in [6.45, 7) is 12.0. The SMILES string of the molecule is Cc1noc([C@@H](C)NC(=O)N[C@H](C)c2ccc(C(C)(C)C)cc2)n1. The third kappa shape index (κ3) is 4.57. The van der Waals surface area contributed by atoms with Crippen molar-refractivity contribution in [2.75, 3.05) is 0 Å². The van der Waals surface area contributed by atoms with Crippen LogP contribution in [0.15, 0.2) is 28.8 Å². The molecule has 2 aromatic rings. The molecule has 0 fully saturated rings. The largest absolute Gasteiger partial charge is 0.337 e. The van der Waals surface area contributed by atoms with Crippen molar-refractivity contribution >= 4 is 6.03 Å². The molecular formula is C18H26N4O2. The van der Waals surface area contributed by atoms with Crippen LogP contribution in [0, 0.1) is 6.92 Å². The minimum absolute atomic E-state index is 0.101. The van der Waals surface area contributed by atoms with Crippen molar-refractivity contribution in [3.63, 3.8) is 0 Å². The van der Waals surface area contributed by atoms with Crippen molar-refractivity contribution in [3.05, 3.63) is 47.1 Å². The van der Waals surface area contributed by atoms with Crippen molar-refractivity contribution in [3.8, 4) is 0 Å². The zero-order chi connectivity index (χ0) is 17.9. The maximum absolute atomic E-state index is 12.1. The Hall–Kier alpha value is -2.37. The molecule has 0 bridgehead atoms. The smallest absolute Gasteiger partial charge is 0.315 e. The third-order valence-corrected chi connectivity index (χ3v) is 3.89. The lowest BCUT2D eigenvalue weighted by molar-refractivity contribution is 0.231. The first-order valence-corrected chi connectivity index (χ1v) is 8.14. The van der Waals surface area contributed by atoms with E-state index in [-0.39, 0.29) is 23.5 Å². The molecule has 130 valence electrons. The summed E-state index contributed by atoms with van der Waals surface area (Å²) in [5, 5.41) is 9.45. The standard InChI is InChI=1S/C18H26N4O2/c1-11(14-7-9-15(10-8-14)18(4,5)6)19-17(23)20-12(2)16-21-13(3)22-24-16/h7-12H,1-6H3,(H2,19,20,23)/t11-,12-/m1/s1. The van der Waals surface area contributed by atoms with Gasteiger partial charge in [-0.3, -0.25) is 0 Å². The maximum Gasteiger partial charge on any atom is 0.315 e. The lowest BCUT2D eigenvalue weighted by Gasteiger charge is -2.21. The highest BCUT2D eigenvalue weighted by Crippen LogP contribution is 2.23. The summed E-state index contributed by atoms with van der Waals surface area (Å²) in [6, 6.07) is 7.60. The van der Waals surface area contributed by atoms with Crippen LogP contribution in [0.4, 0.5) is 4.79 Å². The van der Waals surface area contributed by atoms with Crippen molar-refractivity contribution in [1.29, 1.82) is 0 Å². The summed E-state index contributed by atoms with van der Waals surface area (Å²) >= 11 is 0. The number of carbonyl (C=O) groups excluding carboxylic acids is 1. The van der Waals surface area contributed by atoms with Gasteiger partial charge in [-0.1, -0.05) is 50.2 Å². The number of nitrogens with zero attached hydrogens (tertiary/aromatic N) is 2. The fourth-order valence-corrected chi connectivity index (χ4v) is 2.34. The molecule has 0 spiro atoms. The molecule has 0 saturated heterocycles. The molecule has 1 aromatic carbocycles. The van der Waals surface area contributed by atoms with Gasteiger partial charge in [0.05, 0.1) is 6.04 Å². The van der Waals surface area contributed by atoms with E-state index in [9.17, 15) is 4.79 Å². The van der Waals surface area contributed by atoms with Crippen LogP contribution in [0.25, 0.3) is 0 Å². The Labute approximate surface area is 143 Å². The summed E-state index contributed by atoms with van der Waals surface area (Å²) in [5.74, 6) is 0.941. The molecule has 6 heteroatoms. The molecule has 0 unspecified atom stereocenters. The average molecular weight is 330 g/mol. The first-order valence-electron chi connectivity index (χ1n) is 8.14. The molecule has 0 aliphatic carbocycles. The highest BCUT2D eigenvalue weighted by molar-refractivity contribution is 5.74. The second-order valence-electron chi connectivity index (χ2n) is 7.11. The molecule has 2 atom stereocenters. The van der Waals surface area contributed by atoms with Gasteiger partial charge >= 0.3 is 6.03 Å². The molecule has 2 rings (SSSR count). The quantitative estimate of drug-likeness (QED) is 0.893. The van der Waals surface area contributed by atoms with E-state index in [0.717, 1.165) is 5.56 Å². The van der Waals surface area contributed by atoms with Crippen LogP contribution in [0.5, 0.6) is 0 Å². The zero-order valence-corrected chi connectivity index (χ0v) is 15.2. The van der Waals surface area contributed by atoms with Crippen molar-refractivity contribution in [1.82, 2.24) is 20.8 Å². The predicted octanol–water partition coefficient (Wildman–Crippen LogP) is 3.80. The highest BCUT2D eigenvalue weighted by atomic mass is 16.5. The fraction of sp³-hybridized carbons (Fsp3) is 0.500. The van der Waals surface area contributed by atoms with Gasteiger partial charge in [-0.25, -0.2) is 4.79 Å². The molecule has 2 N–H and O–H groups in total. The number of aromatic nitrogens is 2. The number of nitrogens with one attached hydrogen (secondary N) is 2. The lowest BCUT2D eigenvalue weighted by Crippen LogP contribution is -2.38. The average Bonchev–Trinajstić information content (AvgIpc) is 2.93. The Kier molecular flexibility index (Phi) is 5.26. The first kappa shape index (κ1) is 18.0. The molecule has 6 nitrogen and oxygen atoms in total. The molecule has 0 radical (unpaired) electrons. The maximum atomic E-state index is 12.1. The van der Waals surface area contributed by atoms with Crippen LogP contribution >= 0.6 is 0 Å². The van der Waals surface area contributed by atoms with Crippen LogP contribution in [0.1, 0.15) is 69.5 Å². The van der Waals surface area contributed by atoms with Crippen molar-refractivity contribution < 1.29 is 9.32 Å². The van der Waals surface area contributed by atoms with Gasteiger partial charge in [0.15, 0.2) is 5.82 Å². The number of hydrogen-bond acceptors (Lipinski definition) is 4. The van der Waals surface area contributed by atoms with E-state index in [1.54, 1.807) is 13.8 Å². The van der Waals surface area contributed by atoms with Gasteiger partial charge in [-0.2, -0.15) is 4.98 Å². The van der Waals surface area contributed by atoms with Gasteiger partial charge in [-0.05, 0) is 37.3 Å². The van der Waals surface area contributed by atoms with Gasteiger partial charge < -0.3 is 15.2 Å². The van der Waals surface area contributed by atoms with E-state index in [4.69, 9.17) is 4.52 Å². The summed E-state index contributed by atoms with van der Waals surface area (Å²) in [6.07, 6.45) is 0. The predicted molar refractivity (Wildman–Crippen MR) is 92.7 cm³/mol. The van der Waals surface area contributed by atoms with Crippen LogP contribution in [0.3, 0.4) is 0 Å². The van der Waals surface area contributed by atoms with Crippen LogP contribution in [-0.2, 0) is 5.41 Å². The Bertz CT molecular complexity index is 686. The van der Waals surface area contributed by atoms with E-state index < -0.39 is 0 Å². The summed E-state index contributed by atoms with van der Waals surface area (Å²) in [5.41, 5.74) is 2.44. The molecule has 0 aliphatic rings. The number of carbonyl (C=O) groups is 1. The first-order chi connectivity index (χ1) is 11.2. The van der Waals surface area contributed by atoms with Gasteiger partial charge in [0.2, 0.25) is 5.89 Å². The van der Waals surface area contributed by atoms with Gasteiger partial charge in [0, 0.05) is 0 Å². The summed E-state index contributed by atoms with van der Waals surface area (Å²) < 4.78 is 5.06. The van der Waals surface area contributed by atoms with E-state index >= 15 is 0 Å². The van der Waals surface area contributed by atoms with E-state index in [2.05, 4.69) is 65.8 Å². The lowest BCUT2D eigenvalue weighted by atomic mass is 9.86. The monoisotopic (exact) mass is 330 g/mol. The second-order valence-corrected chi connectivity index (χ2v) is 7.11. The highest BCUT2D eigenvalue weighted by Gasteiger charge is 2.18. The van der Waals surface area contributed by atoms with Crippen molar-refractivity contribution in [2.45, 2.75) is 59.0 Å². The van der Waals surface area contributed by atoms with Gasteiger partial charge in [0.25, 0.3) is 0 Å². The van der Waals surface area contributed by atoms with Crippen LogP contribution in [-0.4, -0.2) is 16.2 Å². The Morgan fingerprint density at radius 3 is 2.17 bits per heavy atom. The zero-order valence-electron chi connectivity index (χ0n) is 15.2. The van der Waals surface area contributed by atoms with E-state index in [0.29, 0.717) is 11.7 Å². The van der Waals surface area contributed by atoms with E-state index in [1.807, 2.05) is 6.92 Å². The normalized spacial score (nSPS) is 14.1. The third-order valence-electron chi connectivity index (χ3n) is 3.89.